The Labute approximate surface area is 108 Å². The zero-order valence-electron chi connectivity index (χ0n) is 9.54. The zero-order chi connectivity index (χ0) is 13.8. The number of hydrogen-bond donors (Lipinski definition) is 2. The van der Waals surface area contributed by atoms with E-state index in [1.165, 1.54) is 18.2 Å². The molecule has 0 saturated heterocycles. The highest BCUT2D eigenvalue weighted by molar-refractivity contribution is 6.30. The minimum atomic E-state index is -4.35. The SMILES string of the molecule is NCc1cc(Cl)ccc1N(CCO)CC(F)(F)F. The second-order valence-electron chi connectivity index (χ2n) is 3.74. The first-order valence-electron chi connectivity index (χ1n) is 5.28. The van der Waals surface area contributed by atoms with Crippen molar-refractivity contribution in [2.24, 2.45) is 5.73 Å². The van der Waals surface area contributed by atoms with E-state index in [0.717, 1.165) is 4.90 Å². The smallest absolute Gasteiger partial charge is 0.395 e. The lowest BCUT2D eigenvalue weighted by Crippen LogP contribution is -2.37. The van der Waals surface area contributed by atoms with Crippen LogP contribution < -0.4 is 10.6 Å². The van der Waals surface area contributed by atoms with Crippen molar-refractivity contribution < 1.29 is 18.3 Å². The van der Waals surface area contributed by atoms with Gasteiger partial charge in [-0.25, -0.2) is 0 Å². The monoisotopic (exact) mass is 282 g/mol. The minimum absolute atomic E-state index is 0.0790. The van der Waals surface area contributed by atoms with Crippen LogP contribution in [0.2, 0.25) is 5.02 Å². The Bertz CT molecular complexity index is 398. The summed E-state index contributed by atoms with van der Waals surface area (Å²) in [7, 11) is 0. The average molecular weight is 283 g/mol. The van der Waals surface area contributed by atoms with Crippen molar-refractivity contribution in [3.63, 3.8) is 0 Å². The number of halogens is 4. The van der Waals surface area contributed by atoms with Crippen molar-refractivity contribution in [2.45, 2.75) is 12.7 Å². The van der Waals surface area contributed by atoms with Crippen LogP contribution in [0.5, 0.6) is 0 Å². The number of benzene rings is 1. The van der Waals surface area contributed by atoms with Gasteiger partial charge in [0.15, 0.2) is 0 Å². The molecule has 0 aromatic heterocycles. The van der Waals surface area contributed by atoms with Gasteiger partial charge in [0.2, 0.25) is 0 Å². The van der Waals surface area contributed by atoms with E-state index >= 15 is 0 Å². The Morgan fingerprint density at radius 3 is 2.50 bits per heavy atom. The van der Waals surface area contributed by atoms with E-state index in [-0.39, 0.29) is 19.7 Å². The van der Waals surface area contributed by atoms with E-state index in [2.05, 4.69) is 0 Å². The quantitative estimate of drug-likeness (QED) is 0.870. The fraction of sp³-hybridized carbons (Fsp3) is 0.455. The third-order valence-electron chi connectivity index (χ3n) is 2.34. The first-order chi connectivity index (χ1) is 8.37. The molecule has 0 amide bonds. The molecule has 18 heavy (non-hydrogen) atoms. The maximum absolute atomic E-state index is 12.4. The van der Waals surface area contributed by atoms with Crippen LogP contribution in [0.25, 0.3) is 0 Å². The third kappa shape index (κ3) is 4.36. The number of alkyl halides is 3. The number of anilines is 1. The molecule has 0 aliphatic carbocycles. The van der Waals surface area contributed by atoms with E-state index in [0.29, 0.717) is 16.3 Å². The average Bonchev–Trinajstić information content (AvgIpc) is 2.26. The van der Waals surface area contributed by atoms with E-state index in [4.69, 9.17) is 22.4 Å². The largest absolute Gasteiger partial charge is 0.405 e. The van der Waals surface area contributed by atoms with Crippen molar-refractivity contribution in [3.05, 3.63) is 28.8 Å². The van der Waals surface area contributed by atoms with Crippen LogP contribution in [0.15, 0.2) is 18.2 Å². The van der Waals surface area contributed by atoms with E-state index in [9.17, 15) is 13.2 Å². The molecular weight excluding hydrogens is 269 g/mol. The van der Waals surface area contributed by atoms with Gasteiger partial charge in [-0.1, -0.05) is 11.6 Å². The zero-order valence-corrected chi connectivity index (χ0v) is 10.3. The number of aliphatic hydroxyl groups is 1. The van der Waals surface area contributed by atoms with Crippen molar-refractivity contribution >= 4 is 17.3 Å². The molecule has 0 radical (unpaired) electrons. The first kappa shape index (κ1) is 15.1. The van der Waals surface area contributed by atoms with Gasteiger partial charge in [0.25, 0.3) is 0 Å². The Hall–Kier alpha value is -0.980. The molecule has 1 rings (SSSR count). The lowest BCUT2D eigenvalue weighted by molar-refractivity contribution is -0.119. The number of nitrogens with zero attached hydrogens (tertiary/aromatic N) is 1. The summed E-state index contributed by atoms with van der Waals surface area (Å²) >= 11 is 5.76. The van der Waals surface area contributed by atoms with Gasteiger partial charge >= 0.3 is 6.18 Å². The van der Waals surface area contributed by atoms with Crippen LogP contribution in [0.4, 0.5) is 18.9 Å². The molecule has 1 aromatic carbocycles. The molecule has 0 unspecified atom stereocenters. The van der Waals surface area contributed by atoms with Gasteiger partial charge in [0.05, 0.1) is 6.61 Å². The third-order valence-corrected chi connectivity index (χ3v) is 2.58. The number of hydrogen-bond acceptors (Lipinski definition) is 3. The maximum Gasteiger partial charge on any atom is 0.405 e. The molecule has 0 saturated carbocycles. The summed E-state index contributed by atoms with van der Waals surface area (Å²) in [6.07, 6.45) is -4.35. The summed E-state index contributed by atoms with van der Waals surface area (Å²) in [6, 6.07) is 4.50. The molecule has 7 heteroatoms. The lowest BCUT2D eigenvalue weighted by Gasteiger charge is -2.27. The molecule has 0 spiro atoms. The van der Waals surface area contributed by atoms with E-state index in [1.807, 2.05) is 0 Å². The molecule has 102 valence electrons. The Morgan fingerprint density at radius 1 is 1.33 bits per heavy atom. The van der Waals surface area contributed by atoms with E-state index in [1.54, 1.807) is 0 Å². The number of rotatable bonds is 5. The van der Waals surface area contributed by atoms with Crippen LogP contribution in [-0.2, 0) is 6.54 Å². The Kier molecular flexibility index (Phi) is 5.25. The fourth-order valence-corrected chi connectivity index (χ4v) is 1.84. The second kappa shape index (κ2) is 6.26. The molecule has 3 N–H and O–H groups in total. The highest BCUT2D eigenvalue weighted by Crippen LogP contribution is 2.27. The van der Waals surface area contributed by atoms with Gasteiger partial charge in [0, 0.05) is 23.8 Å². The standard InChI is InChI=1S/C11H14ClF3N2O/c12-9-1-2-10(8(5-9)6-16)17(3-4-18)7-11(13,14)15/h1-2,5,18H,3-4,6-7,16H2. The topological polar surface area (TPSA) is 49.5 Å². The predicted molar refractivity (Wildman–Crippen MR) is 64.7 cm³/mol. The maximum atomic E-state index is 12.4. The molecule has 0 bridgehead atoms. The molecule has 0 aliphatic rings. The summed E-state index contributed by atoms with van der Waals surface area (Å²) in [4.78, 5) is 1.04. The summed E-state index contributed by atoms with van der Waals surface area (Å²) in [6.45, 7) is -1.55. The van der Waals surface area contributed by atoms with Gasteiger partial charge in [-0.05, 0) is 23.8 Å². The number of aliphatic hydroxyl groups excluding tert-OH is 1. The Balaban J connectivity index is 3.04. The highest BCUT2D eigenvalue weighted by atomic mass is 35.5. The fourth-order valence-electron chi connectivity index (χ4n) is 1.65. The van der Waals surface area contributed by atoms with Crippen molar-refractivity contribution in [1.82, 2.24) is 0 Å². The molecule has 0 atom stereocenters. The van der Waals surface area contributed by atoms with Gasteiger partial charge in [-0.3, -0.25) is 0 Å². The molecule has 3 nitrogen and oxygen atoms in total. The predicted octanol–water partition coefficient (Wildman–Crippen LogP) is 2.16. The summed E-state index contributed by atoms with van der Waals surface area (Å²) in [5.41, 5.74) is 6.34. The second-order valence-corrected chi connectivity index (χ2v) is 4.17. The van der Waals surface area contributed by atoms with Crippen molar-refractivity contribution in [1.29, 1.82) is 0 Å². The highest BCUT2D eigenvalue weighted by Gasteiger charge is 2.31. The summed E-state index contributed by atoms with van der Waals surface area (Å²) in [5.74, 6) is 0. The van der Waals surface area contributed by atoms with Crippen LogP contribution in [0, 0.1) is 0 Å². The summed E-state index contributed by atoms with van der Waals surface area (Å²) < 4.78 is 37.3. The minimum Gasteiger partial charge on any atom is -0.395 e. The lowest BCUT2D eigenvalue weighted by atomic mass is 10.1. The summed E-state index contributed by atoms with van der Waals surface area (Å²) in [5, 5.41) is 9.26. The van der Waals surface area contributed by atoms with E-state index < -0.39 is 12.7 Å². The normalized spacial score (nSPS) is 11.7. The molecule has 0 heterocycles. The first-order valence-corrected chi connectivity index (χ1v) is 5.66. The molecule has 1 aromatic rings. The van der Waals surface area contributed by atoms with Crippen LogP contribution in [0.1, 0.15) is 5.56 Å². The molecule has 0 fully saturated rings. The van der Waals surface area contributed by atoms with Gasteiger partial charge in [-0.15, -0.1) is 0 Å². The van der Waals surface area contributed by atoms with Crippen LogP contribution in [0.3, 0.4) is 0 Å². The Morgan fingerprint density at radius 2 is 2.00 bits per heavy atom. The van der Waals surface area contributed by atoms with Crippen molar-refractivity contribution in [2.75, 3.05) is 24.6 Å². The van der Waals surface area contributed by atoms with Gasteiger partial charge in [0.1, 0.15) is 6.54 Å². The number of nitrogens with two attached hydrogens (primary N) is 1. The van der Waals surface area contributed by atoms with Gasteiger partial charge in [-0.2, -0.15) is 13.2 Å². The molecule has 0 aliphatic heterocycles. The van der Waals surface area contributed by atoms with Gasteiger partial charge < -0.3 is 15.7 Å². The van der Waals surface area contributed by atoms with Crippen LogP contribution >= 0.6 is 11.6 Å². The molecular formula is C11H14ClF3N2O. The van der Waals surface area contributed by atoms with Crippen molar-refractivity contribution in [3.8, 4) is 0 Å². The van der Waals surface area contributed by atoms with Crippen LogP contribution in [-0.4, -0.2) is 31.0 Å².